The van der Waals surface area contributed by atoms with Crippen LogP contribution in [0.4, 0.5) is 0 Å². The zero-order valence-electron chi connectivity index (χ0n) is 10.7. The molecular formula is C12H14N2O3S2. The van der Waals surface area contributed by atoms with Gasteiger partial charge in [-0.25, -0.2) is 4.98 Å². The molecule has 2 aromatic heterocycles. The summed E-state index contributed by atoms with van der Waals surface area (Å²) in [6, 6.07) is 1.82. The van der Waals surface area contributed by atoms with Crippen molar-refractivity contribution in [3.63, 3.8) is 0 Å². The van der Waals surface area contributed by atoms with Crippen molar-refractivity contribution in [2.45, 2.75) is 25.5 Å². The molecule has 2 aromatic rings. The molecule has 0 amide bonds. The van der Waals surface area contributed by atoms with Crippen LogP contribution in [0.15, 0.2) is 21.4 Å². The molecule has 5 nitrogen and oxygen atoms in total. The maximum absolute atomic E-state index is 12.2. The van der Waals surface area contributed by atoms with E-state index in [1.54, 1.807) is 11.5 Å². The number of thioether (sulfide) groups is 1. The van der Waals surface area contributed by atoms with Crippen LogP contribution in [0.25, 0.3) is 10.2 Å². The number of fused-ring (bicyclic) bond motifs is 1. The highest BCUT2D eigenvalue weighted by molar-refractivity contribution is 7.99. The average molecular weight is 298 g/mol. The highest BCUT2D eigenvalue weighted by atomic mass is 32.2. The van der Waals surface area contributed by atoms with Gasteiger partial charge in [-0.3, -0.25) is 14.2 Å². The second kappa shape index (κ2) is 6.21. The van der Waals surface area contributed by atoms with Crippen molar-refractivity contribution < 1.29 is 9.53 Å². The molecule has 2 heterocycles. The topological polar surface area (TPSA) is 61.2 Å². The van der Waals surface area contributed by atoms with E-state index in [1.807, 2.05) is 18.4 Å². The fourth-order valence-corrected chi connectivity index (χ4v) is 3.28. The first kappa shape index (κ1) is 14.1. The number of hydrogen-bond acceptors (Lipinski definition) is 6. The zero-order chi connectivity index (χ0) is 13.8. The predicted octanol–water partition coefficient (Wildman–Crippen LogP) is 2.13. The van der Waals surface area contributed by atoms with Crippen molar-refractivity contribution in [3.05, 3.63) is 21.8 Å². The van der Waals surface area contributed by atoms with Gasteiger partial charge >= 0.3 is 5.97 Å². The van der Waals surface area contributed by atoms with Crippen molar-refractivity contribution >= 4 is 39.3 Å². The highest BCUT2D eigenvalue weighted by Crippen LogP contribution is 2.20. The molecule has 0 bridgehead atoms. The standard InChI is InChI=1S/C12H14N2O3S2/c1-3-14-11(16)10-8(5-6-18-10)13-12(14)19-7-9(15)17-4-2/h5-6H,3-4,7H2,1-2H3. The SMILES string of the molecule is CCOC(=O)CSc1nc2ccsc2c(=O)n1CC. The molecule has 0 N–H and O–H groups in total. The first-order valence-electron chi connectivity index (χ1n) is 5.93. The van der Waals surface area contributed by atoms with E-state index < -0.39 is 0 Å². The van der Waals surface area contributed by atoms with E-state index in [4.69, 9.17) is 4.74 Å². The fraction of sp³-hybridized carbons (Fsp3) is 0.417. The lowest BCUT2D eigenvalue weighted by molar-refractivity contribution is -0.139. The van der Waals surface area contributed by atoms with Crippen LogP contribution in [-0.2, 0) is 16.1 Å². The van der Waals surface area contributed by atoms with E-state index in [0.717, 1.165) is 0 Å². The first-order chi connectivity index (χ1) is 9.17. The lowest BCUT2D eigenvalue weighted by atomic mass is 10.5. The summed E-state index contributed by atoms with van der Waals surface area (Å²) in [4.78, 5) is 28.0. The Labute approximate surface area is 118 Å². The molecule has 0 fully saturated rings. The lowest BCUT2D eigenvalue weighted by Crippen LogP contribution is -2.22. The summed E-state index contributed by atoms with van der Waals surface area (Å²) < 4.78 is 7.11. The number of hydrogen-bond donors (Lipinski definition) is 0. The van der Waals surface area contributed by atoms with Crippen LogP contribution < -0.4 is 5.56 Å². The summed E-state index contributed by atoms with van der Waals surface area (Å²) in [5.41, 5.74) is 0.639. The van der Waals surface area contributed by atoms with Crippen LogP contribution in [-0.4, -0.2) is 27.9 Å². The second-order valence-electron chi connectivity index (χ2n) is 3.67. The summed E-state index contributed by atoms with van der Waals surface area (Å²) in [5, 5.41) is 2.41. The molecule has 0 aliphatic rings. The molecule has 102 valence electrons. The summed E-state index contributed by atoms with van der Waals surface area (Å²) in [7, 11) is 0. The van der Waals surface area contributed by atoms with Gasteiger partial charge in [0.2, 0.25) is 0 Å². The summed E-state index contributed by atoms with van der Waals surface area (Å²) in [6.45, 7) is 4.54. The van der Waals surface area contributed by atoms with Gasteiger partial charge in [-0.05, 0) is 25.3 Å². The van der Waals surface area contributed by atoms with E-state index in [0.29, 0.717) is 28.5 Å². The molecule has 2 rings (SSSR count). The minimum atomic E-state index is -0.296. The molecular weight excluding hydrogens is 284 g/mol. The maximum Gasteiger partial charge on any atom is 0.316 e. The Balaban J connectivity index is 2.31. The van der Waals surface area contributed by atoms with Crippen molar-refractivity contribution in [2.24, 2.45) is 0 Å². The van der Waals surface area contributed by atoms with Gasteiger partial charge < -0.3 is 4.74 Å². The maximum atomic E-state index is 12.2. The third-order valence-corrected chi connectivity index (χ3v) is 4.31. The van der Waals surface area contributed by atoms with Gasteiger partial charge in [0.1, 0.15) is 4.70 Å². The first-order valence-corrected chi connectivity index (χ1v) is 7.80. The summed E-state index contributed by atoms with van der Waals surface area (Å²) in [6.07, 6.45) is 0. The Kier molecular flexibility index (Phi) is 4.60. The number of aromatic nitrogens is 2. The van der Waals surface area contributed by atoms with Gasteiger partial charge in [-0.1, -0.05) is 11.8 Å². The normalized spacial score (nSPS) is 10.8. The molecule has 0 aliphatic carbocycles. The molecule has 0 radical (unpaired) electrons. The Morgan fingerprint density at radius 2 is 2.32 bits per heavy atom. The van der Waals surface area contributed by atoms with E-state index in [1.165, 1.54) is 23.1 Å². The number of nitrogens with zero attached hydrogens (tertiary/aromatic N) is 2. The molecule has 7 heteroatoms. The zero-order valence-corrected chi connectivity index (χ0v) is 12.3. The van der Waals surface area contributed by atoms with E-state index in [9.17, 15) is 9.59 Å². The van der Waals surface area contributed by atoms with Gasteiger partial charge in [-0.15, -0.1) is 11.3 Å². The van der Waals surface area contributed by atoms with Gasteiger partial charge in [0.25, 0.3) is 5.56 Å². The fourth-order valence-electron chi connectivity index (χ4n) is 1.64. The summed E-state index contributed by atoms with van der Waals surface area (Å²) >= 11 is 2.62. The van der Waals surface area contributed by atoms with Crippen molar-refractivity contribution in [1.82, 2.24) is 9.55 Å². The van der Waals surface area contributed by atoms with Gasteiger partial charge in [-0.2, -0.15) is 0 Å². The number of thiophene rings is 1. The number of carbonyl (C=O) groups is 1. The molecule has 0 atom stereocenters. The van der Waals surface area contributed by atoms with Gasteiger partial charge in [0.05, 0.1) is 17.9 Å². The van der Waals surface area contributed by atoms with Crippen molar-refractivity contribution in [2.75, 3.05) is 12.4 Å². The largest absolute Gasteiger partial charge is 0.465 e. The Hall–Kier alpha value is -1.34. The smallest absolute Gasteiger partial charge is 0.316 e. The van der Waals surface area contributed by atoms with Gasteiger partial charge in [0.15, 0.2) is 5.16 Å². The Morgan fingerprint density at radius 3 is 3.00 bits per heavy atom. The van der Waals surface area contributed by atoms with Crippen molar-refractivity contribution in [1.29, 1.82) is 0 Å². The van der Waals surface area contributed by atoms with Crippen LogP contribution in [0.2, 0.25) is 0 Å². The number of esters is 1. The van der Waals surface area contributed by atoms with Crippen LogP contribution in [0.5, 0.6) is 0 Å². The average Bonchev–Trinajstić information content (AvgIpc) is 2.85. The molecule has 0 saturated carbocycles. The quantitative estimate of drug-likeness (QED) is 0.481. The van der Waals surface area contributed by atoms with Crippen LogP contribution in [0, 0.1) is 0 Å². The van der Waals surface area contributed by atoms with Crippen molar-refractivity contribution in [3.8, 4) is 0 Å². The third kappa shape index (κ3) is 2.98. The summed E-state index contributed by atoms with van der Waals surface area (Å²) in [5.74, 6) is -0.134. The van der Waals surface area contributed by atoms with E-state index in [2.05, 4.69) is 4.98 Å². The van der Waals surface area contributed by atoms with Gasteiger partial charge in [0, 0.05) is 6.54 Å². The highest BCUT2D eigenvalue weighted by Gasteiger charge is 2.13. The molecule has 0 unspecified atom stereocenters. The number of carbonyl (C=O) groups excluding carboxylic acids is 1. The van der Waals surface area contributed by atoms with Crippen LogP contribution in [0.1, 0.15) is 13.8 Å². The molecule has 0 aromatic carbocycles. The van der Waals surface area contributed by atoms with E-state index in [-0.39, 0.29) is 17.3 Å². The van der Waals surface area contributed by atoms with Crippen LogP contribution in [0.3, 0.4) is 0 Å². The molecule has 0 saturated heterocycles. The molecule has 0 spiro atoms. The Morgan fingerprint density at radius 1 is 1.53 bits per heavy atom. The monoisotopic (exact) mass is 298 g/mol. The lowest BCUT2D eigenvalue weighted by Gasteiger charge is -2.09. The predicted molar refractivity (Wildman–Crippen MR) is 76.9 cm³/mol. The number of rotatable bonds is 5. The number of ether oxygens (including phenoxy) is 1. The van der Waals surface area contributed by atoms with E-state index >= 15 is 0 Å². The Bertz CT molecular complexity index is 648. The second-order valence-corrected chi connectivity index (χ2v) is 5.53. The minimum Gasteiger partial charge on any atom is -0.465 e. The molecule has 0 aliphatic heterocycles. The minimum absolute atomic E-state index is 0.0474. The third-order valence-electron chi connectivity index (χ3n) is 2.47. The van der Waals surface area contributed by atoms with Crippen LogP contribution >= 0.6 is 23.1 Å². The molecule has 19 heavy (non-hydrogen) atoms.